The van der Waals surface area contributed by atoms with Gasteiger partial charge in [0.05, 0.1) is 29.7 Å². The zero-order valence-electron chi connectivity index (χ0n) is 15.8. The third-order valence-corrected chi connectivity index (χ3v) is 4.25. The lowest BCUT2D eigenvalue weighted by Crippen LogP contribution is -2.25. The summed E-state index contributed by atoms with van der Waals surface area (Å²) in [6.45, 7) is 7.72. The minimum atomic E-state index is 0.339. The number of azo groups is 1. The van der Waals surface area contributed by atoms with Gasteiger partial charge in [0.15, 0.2) is 0 Å². The predicted octanol–water partition coefficient (Wildman–Crippen LogP) is 4.26. The standard InChI is InChI=1S/C17H24N4O5S/c1-5-7-21(8-6-2)14-11-16(27-26-25-22)13(10-15(14)23-4)18-19-17-9-12(3)24-20-17/h9-11,22H,5-8H2,1-4H3/p-1. The lowest BCUT2D eigenvalue weighted by molar-refractivity contribution is -0.777. The summed E-state index contributed by atoms with van der Waals surface area (Å²) in [5.74, 6) is 1.62. The van der Waals surface area contributed by atoms with E-state index in [1.165, 1.54) is 0 Å². The third kappa shape index (κ3) is 5.93. The number of methoxy groups -OCH3 is 1. The first-order chi connectivity index (χ1) is 13.1. The number of nitrogens with zero attached hydrogens (tertiary/aromatic N) is 4. The first kappa shape index (κ1) is 21.2. The van der Waals surface area contributed by atoms with Crippen molar-refractivity contribution >= 4 is 29.2 Å². The molecular weight excluding hydrogens is 372 g/mol. The Hall–Kier alpha value is -2.14. The summed E-state index contributed by atoms with van der Waals surface area (Å²) in [6.07, 6.45) is 1.97. The zero-order chi connectivity index (χ0) is 19.6. The van der Waals surface area contributed by atoms with Crippen LogP contribution in [-0.2, 0) is 9.37 Å². The Morgan fingerprint density at radius 2 is 1.93 bits per heavy atom. The van der Waals surface area contributed by atoms with Crippen LogP contribution in [-0.4, -0.2) is 25.4 Å². The Balaban J connectivity index is 2.43. The van der Waals surface area contributed by atoms with Gasteiger partial charge in [-0.25, -0.2) is 0 Å². The first-order valence-electron chi connectivity index (χ1n) is 8.58. The third-order valence-electron chi connectivity index (χ3n) is 3.62. The highest BCUT2D eigenvalue weighted by Gasteiger charge is 2.17. The maximum Gasteiger partial charge on any atom is 0.216 e. The first-order valence-corrected chi connectivity index (χ1v) is 9.32. The molecular formula is C17H23N4O5S-. The monoisotopic (exact) mass is 395 g/mol. The lowest BCUT2D eigenvalue weighted by atomic mass is 10.2. The molecule has 0 aliphatic heterocycles. The molecule has 9 nitrogen and oxygen atoms in total. The summed E-state index contributed by atoms with van der Waals surface area (Å²) in [7, 11) is 1.60. The van der Waals surface area contributed by atoms with Gasteiger partial charge in [-0.05, 0) is 25.8 Å². The van der Waals surface area contributed by atoms with E-state index < -0.39 is 0 Å². The summed E-state index contributed by atoms with van der Waals surface area (Å²) in [6, 6.07) is 5.24. The van der Waals surface area contributed by atoms with E-state index in [0.717, 1.165) is 43.7 Å². The van der Waals surface area contributed by atoms with Crippen LogP contribution in [0.1, 0.15) is 32.4 Å². The van der Waals surface area contributed by atoms with Crippen molar-refractivity contribution in [1.82, 2.24) is 5.16 Å². The van der Waals surface area contributed by atoms with Gasteiger partial charge in [0.1, 0.15) is 17.2 Å². The van der Waals surface area contributed by atoms with Gasteiger partial charge >= 0.3 is 0 Å². The van der Waals surface area contributed by atoms with Gasteiger partial charge in [-0.2, -0.15) is 4.33 Å². The number of ether oxygens (including phenoxy) is 1. The van der Waals surface area contributed by atoms with Gasteiger partial charge in [0.25, 0.3) is 0 Å². The lowest BCUT2D eigenvalue weighted by Gasteiger charge is -2.26. The molecule has 0 aliphatic carbocycles. The normalized spacial score (nSPS) is 11.3. The number of hydrogen-bond acceptors (Lipinski definition) is 10. The molecule has 0 spiro atoms. The molecule has 0 bridgehead atoms. The highest BCUT2D eigenvalue weighted by molar-refractivity contribution is 7.94. The maximum atomic E-state index is 10.3. The quantitative estimate of drug-likeness (QED) is 0.240. The van der Waals surface area contributed by atoms with Crippen molar-refractivity contribution in [2.45, 2.75) is 38.5 Å². The number of hydrogen-bond donors (Lipinski definition) is 0. The summed E-state index contributed by atoms with van der Waals surface area (Å²) in [4.78, 5) is 2.77. The molecule has 0 saturated heterocycles. The molecule has 0 saturated carbocycles. The van der Waals surface area contributed by atoms with Crippen LogP contribution in [0.4, 0.5) is 17.2 Å². The van der Waals surface area contributed by atoms with Crippen molar-refractivity contribution in [2.75, 3.05) is 25.1 Å². The van der Waals surface area contributed by atoms with Crippen LogP contribution in [0.15, 0.2) is 37.8 Å². The molecule has 0 fully saturated rings. The van der Waals surface area contributed by atoms with Crippen molar-refractivity contribution in [3.05, 3.63) is 24.0 Å². The van der Waals surface area contributed by atoms with Crippen molar-refractivity contribution in [2.24, 2.45) is 10.2 Å². The van der Waals surface area contributed by atoms with Crippen LogP contribution < -0.4 is 14.9 Å². The van der Waals surface area contributed by atoms with Gasteiger partial charge in [0, 0.05) is 25.2 Å². The van der Waals surface area contributed by atoms with Crippen LogP contribution in [0.2, 0.25) is 0 Å². The minimum absolute atomic E-state index is 0.339. The van der Waals surface area contributed by atoms with Gasteiger partial charge < -0.3 is 19.4 Å². The topological polar surface area (TPSA) is 105 Å². The number of aromatic nitrogens is 1. The van der Waals surface area contributed by atoms with Gasteiger partial charge in [-0.1, -0.05) is 19.0 Å². The molecule has 0 amide bonds. The molecule has 2 aromatic rings. The van der Waals surface area contributed by atoms with E-state index in [-0.39, 0.29) is 0 Å². The molecule has 148 valence electrons. The van der Waals surface area contributed by atoms with E-state index in [0.29, 0.717) is 27.9 Å². The maximum absolute atomic E-state index is 10.3. The van der Waals surface area contributed by atoms with Crippen LogP contribution in [0.5, 0.6) is 5.75 Å². The molecule has 10 heteroatoms. The van der Waals surface area contributed by atoms with Crippen LogP contribution >= 0.6 is 12.0 Å². The van der Waals surface area contributed by atoms with E-state index in [9.17, 15) is 5.26 Å². The van der Waals surface area contributed by atoms with E-state index in [1.54, 1.807) is 26.2 Å². The summed E-state index contributed by atoms with van der Waals surface area (Å²) < 4.78 is 15.0. The summed E-state index contributed by atoms with van der Waals surface area (Å²) in [5.41, 5.74) is 1.33. The van der Waals surface area contributed by atoms with E-state index >= 15 is 0 Å². The zero-order valence-corrected chi connectivity index (χ0v) is 16.6. The molecule has 1 aromatic carbocycles. The summed E-state index contributed by atoms with van der Waals surface area (Å²) >= 11 is 0.760. The average molecular weight is 395 g/mol. The second-order valence-corrected chi connectivity index (χ2v) is 6.44. The molecule has 0 radical (unpaired) electrons. The SMILES string of the molecule is CCCN(CCC)c1cc(SOO[O-])c(N=Nc2cc(C)on2)cc1OC. The van der Waals surface area contributed by atoms with Crippen LogP contribution in [0.25, 0.3) is 0 Å². The van der Waals surface area contributed by atoms with Crippen molar-refractivity contribution < 1.29 is 23.9 Å². The fourth-order valence-corrected chi connectivity index (χ4v) is 2.99. The summed E-state index contributed by atoms with van der Waals surface area (Å²) in [5, 5.41) is 25.8. The molecule has 0 N–H and O–H groups in total. The Labute approximate surface area is 162 Å². The van der Waals surface area contributed by atoms with Crippen molar-refractivity contribution in [3.8, 4) is 5.75 Å². The van der Waals surface area contributed by atoms with E-state index in [4.69, 9.17) is 9.26 Å². The number of rotatable bonds is 11. The number of aryl methyl sites for hydroxylation is 1. The fourth-order valence-electron chi connectivity index (χ4n) is 2.54. The molecule has 0 atom stereocenters. The van der Waals surface area contributed by atoms with Crippen LogP contribution in [0.3, 0.4) is 0 Å². The Morgan fingerprint density at radius 3 is 2.48 bits per heavy atom. The molecule has 2 rings (SSSR count). The number of benzene rings is 1. The second kappa shape index (κ2) is 10.9. The van der Waals surface area contributed by atoms with Gasteiger partial charge in [-0.15, -0.1) is 10.2 Å². The van der Waals surface area contributed by atoms with E-state index in [1.807, 2.05) is 6.07 Å². The Kier molecular flexibility index (Phi) is 8.52. The second-order valence-electron chi connectivity index (χ2n) is 5.69. The predicted molar refractivity (Wildman–Crippen MR) is 99.2 cm³/mol. The van der Waals surface area contributed by atoms with Gasteiger partial charge in [-0.3, -0.25) is 5.04 Å². The molecule has 1 aromatic heterocycles. The smallest absolute Gasteiger partial charge is 0.216 e. The Bertz CT molecular complexity index is 747. The van der Waals surface area contributed by atoms with Crippen molar-refractivity contribution in [1.29, 1.82) is 0 Å². The molecule has 1 heterocycles. The Morgan fingerprint density at radius 1 is 1.19 bits per heavy atom. The fraction of sp³-hybridized carbons (Fsp3) is 0.471. The molecule has 27 heavy (non-hydrogen) atoms. The minimum Gasteiger partial charge on any atom is -0.691 e. The highest BCUT2D eigenvalue weighted by Crippen LogP contribution is 2.41. The van der Waals surface area contributed by atoms with Crippen LogP contribution in [0, 0.1) is 6.92 Å². The molecule has 0 unspecified atom stereocenters. The van der Waals surface area contributed by atoms with Crippen molar-refractivity contribution in [3.63, 3.8) is 0 Å². The number of anilines is 1. The average Bonchev–Trinajstić information content (AvgIpc) is 3.09. The largest absolute Gasteiger partial charge is 0.691 e. The van der Waals surface area contributed by atoms with Gasteiger partial charge in [0.2, 0.25) is 5.82 Å². The van der Waals surface area contributed by atoms with E-state index in [2.05, 4.69) is 43.5 Å². The molecule has 0 aliphatic rings. The highest BCUT2D eigenvalue weighted by atomic mass is 32.2.